The average molecular weight is 457 g/mol. The molecule has 0 saturated carbocycles. The van der Waals surface area contributed by atoms with E-state index < -0.39 is 0 Å². The third-order valence-electron chi connectivity index (χ3n) is 7.71. The number of nitrogens with one attached hydrogen (secondary N) is 2. The molecule has 1 aromatic carbocycles. The predicted molar refractivity (Wildman–Crippen MR) is 133 cm³/mol. The Kier molecular flexibility index (Phi) is 9.59. The van der Waals surface area contributed by atoms with Gasteiger partial charge in [-0.2, -0.15) is 0 Å². The first-order valence-electron chi connectivity index (χ1n) is 13.2. The Hall–Kier alpha value is -1.47. The molecule has 3 aliphatic rings. The number of nitrogens with zero attached hydrogens (tertiary/aromatic N) is 2. The molecule has 4 rings (SSSR count). The first kappa shape index (κ1) is 24.6. The molecule has 2 N–H and O–H groups in total. The lowest BCUT2D eigenvalue weighted by molar-refractivity contribution is -0.121. The van der Waals surface area contributed by atoms with Gasteiger partial charge in [0.05, 0.1) is 6.10 Å². The van der Waals surface area contributed by atoms with Gasteiger partial charge < -0.3 is 20.3 Å². The second-order valence-electron chi connectivity index (χ2n) is 10.5. The van der Waals surface area contributed by atoms with Crippen LogP contribution in [0.3, 0.4) is 0 Å². The summed E-state index contributed by atoms with van der Waals surface area (Å²) < 4.78 is 5.97. The zero-order valence-electron chi connectivity index (χ0n) is 20.5. The monoisotopic (exact) mass is 456 g/mol. The second kappa shape index (κ2) is 12.8. The first-order chi connectivity index (χ1) is 16.2. The van der Waals surface area contributed by atoms with Crippen molar-refractivity contribution in [2.24, 2.45) is 11.8 Å². The molecule has 0 radical (unpaired) electrons. The number of carbonyl (C=O) groups is 1. The van der Waals surface area contributed by atoms with E-state index in [-0.39, 0.29) is 5.91 Å². The minimum absolute atomic E-state index is 0.192. The normalized spacial score (nSPS) is 26.9. The van der Waals surface area contributed by atoms with Gasteiger partial charge in [0.15, 0.2) is 0 Å². The Morgan fingerprint density at radius 3 is 2.79 bits per heavy atom. The van der Waals surface area contributed by atoms with Crippen LogP contribution in [0.2, 0.25) is 0 Å². The van der Waals surface area contributed by atoms with E-state index in [0.717, 1.165) is 77.4 Å². The number of rotatable bonds is 11. The molecule has 1 amide bonds. The molecule has 3 fully saturated rings. The summed E-state index contributed by atoms with van der Waals surface area (Å²) >= 11 is 0. The summed E-state index contributed by atoms with van der Waals surface area (Å²) in [5, 5.41) is 6.88. The zero-order valence-corrected chi connectivity index (χ0v) is 20.5. The number of ether oxygens (including phenoxy) is 1. The Morgan fingerprint density at radius 1 is 1.15 bits per heavy atom. The van der Waals surface area contributed by atoms with E-state index in [1.165, 1.54) is 25.1 Å². The highest BCUT2D eigenvalue weighted by Crippen LogP contribution is 2.31. The summed E-state index contributed by atoms with van der Waals surface area (Å²) in [6.07, 6.45) is 7.61. The Bertz CT molecular complexity index is 707. The highest BCUT2D eigenvalue weighted by Gasteiger charge is 2.36. The van der Waals surface area contributed by atoms with Crippen molar-refractivity contribution in [1.29, 1.82) is 0 Å². The molecule has 0 spiro atoms. The van der Waals surface area contributed by atoms with E-state index in [1.807, 2.05) is 0 Å². The van der Waals surface area contributed by atoms with Gasteiger partial charge in [-0.25, -0.2) is 0 Å². The maximum absolute atomic E-state index is 12.3. The van der Waals surface area contributed by atoms with Gasteiger partial charge in [0.1, 0.15) is 0 Å². The smallest absolute Gasteiger partial charge is 0.219 e. The van der Waals surface area contributed by atoms with Crippen LogP contribution >= 0.6 is 0 Å². The fraction of sp³-hybridized carbons (Fsp3) is 0.741. The molecule has 0 aromatic heterocycles. The highest BCUT2D eigenvalue weighted by molar-refractivity contribution is 5.75. The molecule has 2 bridgehead atoms. The van der Waals surface area contributed by atoms with Crippen molar-refractivity contribution in [2.75, 3.05) is 52.9 Å². The van der Waals surface area contributed by atoms with Gasteiger partial charge in [0, 0.05) is 58.3 Å². The molecule has 3 aliphatic heterocycles. The highest BCUT2D eigenvalue weighted by atomic mass is 16.5. The number of carbonyl (C=O) groups excluding carboxylic acids is 1. The molecule has 0 aliphatic carbocycles. The molecule has 3 saturated heterocycles. The fourth-order valence-corrected chi connectivity index (χ4v) is 5.85. The number of piperidine rings is 3. The van der Waals surface area contributed by atoms with E-state index in [1.54, 1.807) is 0 Å². The predicted octanol–water partition coefficient (Wildman–Crippen LogP) is 2.88. The number of benzene rings is 1. The molecule has 0 unspecified atom stereocenters. The summed E-state index contributed by atoms with van der Waals surface area (Å²) in [5.74, 6) is 1.67. The first-order valence-corrected chi connectivity index (χ1v) is 13.2. The van der Waals surface area contributed by atoms with Crippen LogP contribution < -0.4 is 10.6 Å². The Balaban J connectivity index is 1.07. The van der Waals surface area contributed by atoms with E-state index in [9.17, 15) is 4.79 Å². The van der Waals surface area contributed by atoms with Crippen LogP contribution in [0.15, 0.2) is 30.3 Å². The molecule has 33 heavy (non-hydrogen) atoms. The molecule has 6 heteroatoms. The maximum atomic E-state index is 12.3. The molecular formula is C27H44N4O2. The Labute approximate surface area is 200 Å². The lowest BCUT2D eigenvalue weighted by atomic mass is 9.79. The van der Waals surface area contributed by atoms with Gasteiger partial charge in [-0.05, 0) is 69.5 Å². The largest absolute Gasteiger partial charge is 0.378 e. The molecule has 184 valence electrons. The zero-order chi connectivity index (χ0) is 22.9. The van der Waals surface area contributed by atoms with Crippen LogP contribution in [-0.4, -0.2) is 80.8 Å². The summed E-state index contributed by atoms with van der Waals surface area (Å²) in [4.78, 5) is 17.3. The summed E-state index contributed by atoms with van der Waals surface area (Å²) in [6.45, 7) is 8.30. The lowest BCUT2D eigenvalue weighted by Crippen LogP contribution is -2.55. The number of amides is 1. The van der Waals surface area contributed by atoms with Gasteiger partial charge >= 0.3 is 0 Å². The third kappa shape index (κ3) is 8.06. The molecular weight excluding hydrogens is 412 g/mol. The summed E-state index contributed by atoms with van der Waals surface area (Å²) in [7, 11) is 2.17. The van der Waals surface area contributed by atoms with Crippen molar-refractivity contribution >= 4 is 5.91 Å². The molecule has 6 nitrogen and oxygen atoms in total. The standard InChI is InChI=1S/C27H44N4O2/c1-30-14-11-25(12-15-30)33-16-6-13-28-27(32)10-5-9-26-24-17-23(18-29-26)20-31(21-24)19-22-7-3-2-4-8-22/h2-4,7-8,23-26,29H,5-6,9-21H2,1H3,(H,28,32)/t23-,24+,26+/m0/s1. The van der Waals surface area contributed by atoms with Gasteiger partial charge in [-0.3, -0.25) is 9.69 Å². The molecule has 1 aromatic rings. The minimum atomic E-state index is 0.192. The van der Waals surface area contributed by atoms with Crippen molar-refractivity contribution in [1.82, 2.24) is 20.4 Å². The van der Waals surface area contributed by atoms with Crippen molar-refractivity contribution in [3.05, 3.63) is 35.9 Å². The minimum Gasteiger partial charge on any atom is -0.378 e. The topological polar surface area (TPSA) is 56.8 Å². The van der Waals surface area contributed by atoms with E-state index in [0.29, 0.717) is 24.5 Å². The second-order valence-corrected chi connectivity index (χ2v) is 10.5. The number of hydrogen-bond acceptors (Lipinski definition) is 5. The van der Waals surface area contributed by atoms with Crippen LogP contribution in [0.5, 0.6) is 0 Å². The lowest BCUT2D eigenvalue weighted by Gasteiger charge is -2.46. The molecule has 3 heterocycles. The fourth-order valence-electron chi connectivity index (χ4n) is 5.85. The quantitative estimate of drug-likeness (QED) is 0.502. The number of fused-ring (bicyclic) bond motifs is 2. The SMILES string of the molecule is CN1CCC(OCCCNC(=O)CCC[C@H]2NC[C@@H]3C[C@@H]2CN(Cc2ccccc2)C3)CC1. The van der Waals surface area contributed by atoms with Crippen LogP contribution in [0.1, 0.15) is 50.5 Å². The number of hydrogen-bond donors (Lipinski definition) is 2. The van der Waals surface area contributed by atoms with Crippen LogP contribution in [0, 0.1) is 11.8 Å². The van der Waals surface area contributed by atoms with Crippen LogP contribution in [0.25, 0.3) is 0 Å². The molecule has 3 atom stereocenters. The van der Waals surface area contributed by atoms with Gasteiger partial charge in [0.2, 0.25) is 5.91 Å². The summed E-state index contributed by atoms with van der Waals surface area (Å²) in [5.41, 5.74) is 1.41. The van der Waals surface area contributed by atoms with Gasteiger partial charge in [0.25, 0.3) is 0 Å². The van der Waals surface area contributed by atoms with Gasteiger partial charge in [-0.15, -0.1) is 0 Å². The van der Waals surface area contributed by atoms with Crippen molar-refractivity contribution in [2.45, 2.75) is 63.6 Å². The summed E-state index contributed by atoms with van der Waals surface area (Å²) in [6, 6.07) is 11.4. The number of likely N-dealkylation sites (tertiary alicyclic amines) is 2. The van der Waals surface area contributed by atoms with Crippen molar-refractivity contribution in [3.8, 4) is 0 Å². The van der Waals surface area contributed by atoms with E-state index in [2.05, 4.69) is 57.8 Å². The van der Waals surface area contributed by atoms with Crippen molar-refractivity contribution < 1.29 is 9.53 Å². The third-order valence-corrected chi connectivity index (χ3v) is 7.71. The Morgan fingerprint density at radius 2 is 1.97 bits per heavy atom. The van der Waals surface area contributed by atoms with E-state index >= 15 is 0 Å². The average Bonchev–Trinajstić information content (AvgIpc) is 2.82. The maximum Gasteiger partial charge on any atom is 0.219 e. The van der Waals surface area contributed by atoms with Crippen LogP contribution in [0.4, 0.5) is 0 Å². The van der Waals surface area contributed by atoms with Crippen LogP contribution in [-0.2, 0) is 16.1 Å². The van der Waals surface area contributed by atoms with E-state index in [4.69, 9.17) is 4.74 Å². The van der Waals surface area contributed by atoms with Gasteiger partial charge in [-0.1, -0.05) is 30.3 Å². The van der Waals surface area contributed by atoms with Crippen molar-refractivity contribution in [3.63, 3.8) is 0 Å².